The van der Waals surface area contributed by atoms with Crippen LogP contribution in [0.3, 0.4) is 0 Å². The van der Waals surface area contributed by atoms with Gasteiger partial charge in [-0.3, -0.25) is 4.79 Å². The number of halogens is 2. The van der Waals surface area contributed by atoms with Gasteiger partial charge in [0.05, 0.1) is 16.4 Å². The van der Waals surface area contributed by atoms with Crippen LogP contribution in [0, 0.1) is 0 Å². The highest BCUT2D eigenvalue weighted by Crippen LogP contribution is 2.31. The molecule has 0 spiro atoms. The number of aromatic nitrogens is 3. The molecule has 6 rings (SSSR count). The van der Waals surface area contributed by atoms with Gasteiger partial charge in [-0.2, -0.15) is 9.61 Å². The van der Waals surface area contributed by atoms with Gasteiger partial charge in [0.1, 0.15) is 5.82 Å². The van der Waals surface area contributed by atoms with Crippen molar-refractivity contribution in [3.8, 4) is 22.4 Å². The van der Waals surface area contributed by atoms with Crippen LogP contribution in [0.1, 0.15) is 23.3 Å². The highest BCUT2D eigenvalue weighted by Gasteiger charge is 2.15. The third-order valence-electron chi connectivity index (χ3n) is 6.49. The molecule has 0 saturated carbocycles. The first-order valence-corrected chi connectivity index (χ1v) is 13.8. The van der Waals surface area contributed by atoms with Crippen LogP contribution in [0.15, 0.2) is 120 Å². The van der Waals surface area contributed by atoms with Gasteiger partial charge in [0.15, 0.2) is 5.65 Å². The Kier molecular flexibility index (Phi) is 8.47. The lowest BCUT2D eigenvalue weighted by atomic mass is 9.99. The molecule has 0 radical (unpaired) electrons. The number of nitrogens with zero attached hydrogens (tertiary/aromatic N) is 3. The Morgan fingerprint density at radius 3 is 2.39 bits per heavy atom. The first-order chi connectivity index (χ1) is 19.6. The summed E-state index contributed by atoms with van der Waals surface area (Å²) in [6, 6.07) is 34.9. The average molecular weight is 625 g/mol. The van der Waals surface area contributed by atoms with Crippen molar-refractivity contribution in [3.05, 3.63) is 136 Å². The van der Waals surface area contributed by atoms with Crippen molar-refractivity contribution in [2.24, 2.45) is 0 Å². The molecule has 2 N–H and O–H groups in total. The van der Waals surface area contributed by atoms with Crippen molar-refractivity contribution in [2.75, 3.05) is 10.6 Å². The number of rotatable bonds is 7. The average Bonchev–Trinajstić information content (AvgIpc) is 3.37. The maximum Gasteiger partial charge on any atom is 0.256 e. The lowest BCUT2D eigenvalue weighted by molar-refractivity contribution is 0.102. The summed E-state index contributed by atoms with van der Waals surface area (Å²) in [5.74, 6) is 0.600. The van der Waals surface area contributed by atoms with E-state index in [2.05, 4.69) is 31.7 Å². The number of anilines is 2. The molecule has 41 heavy (non-hydrogen) atoms. The third-order valence-corrected chi connectivity index (χ3v) is 7.38. The SMILES string of the molecule is C.O=C(Nc1cccc(CNc2cc(-c3ccccc3Cl)nc3c(Br)cnn23)c1)c1ccccc1-c1ccccc1. The normalized spacial score (nSPS) is 10.7. The van der Waals surface area contributed by atoms with Crippen LogP contribution in [0.5, 0.6) is 0 Å². The fourth-order valence-electron chi connectivity index (χ4n) is 4.57. The van der Waals surface area contributed by atoms with Gasteiger partial charge >= 0.3 is 0 Å². The zero-order valence-electron chi connectivity index (χ0n) is 21.2. The van der Waals surface area contributed by atoms with E-state index in [1.807, 2.05) is 109 Å². The summed E-state index contributed by atoms with van der Waals surface area (Å²) in [7, 11) is 0. The zero-order valence-corrected chi connectivity index (χ0v) is 23.5. The molecule has 2 heterocycles. The van der Waals surface area contributed by atoms with E-state index in [1.54, 1.807) is 10.7 Å². The Bertz CT molecular complexity index is 1840. The van der Waals surface area contributed by atoms with Crippen LogP contribution < -0.4 is 10.6 Å². The van der Waals surface area contributed by atoms with Crippen molar-refractivity contribution >= 4 is 50.6 Å². The molecule has 1 amide bonds. The van der Waals surface area contributed by atoms with Crippen molar-refractivity contribution in [3.63, 3.8) is 0 Å². The van der Waals surface area contributed by atoms with E-state index in [4.69, 9.17) is 16.6 Å². The van der Waals surface area contributed by atoms with Crippen LogP contribution in [-0.2, 0) is 6.54 Å². The minimum atomic E-state index is -0.161. The van der Waals surface area contributed by atoms with Gasteiger partial charge in [-0.1, -0.05) is 97.9 Å². The lowest BCUT2D eigenvalue weighted by Crippen LogP contribution is -2.13. The first-order valence-electron chi connectivity index (χ1n) is 12.6. The number of nitrogens with one attached hydrogen (secondary N) is 2. The number of hydrogen-bond donors (Lipinski definition) is 2. The summed E-state index contributed by atoms with van der Waals surface area (Å²) in [5, 5.41) is 11.6. The Morgan fingerprint density at radius 1 is 0.854 bits per heavy atom. The molecule has 6 aromatic rings. The van der Waals surface area contributed by atoms with E-state index < -0.39 is 0 Å². The van der Waals surface area contributed by atoms with Gasteiger partial charge in [0.25, 0.3) is 5.91 Å². The fraction of sp³-hybridized carbons (Fsp3) is 0.0606. The highest BCUT2D eigenvalue weighted by atomic mass is 79.9. The number of carbonyl (C=O) groups is 1. The van der Waals surface area contributed by atoms with E-state index in [0.717, 1.165) is 38.2 Å². The smallest absolute Gasteiger partial charge is 0.256 e. The van der Waals surface area contributed by atoms with Gasteiger partial charge < -0.3 is 10.6 Å². The fourth-order valence-corrected chi connectivity index (χ4v) is 5.15. The Hall–Kier alpha value is -4.46. The van der Waals surface area contributed by atoms with Gasteiger partial charge in [-0.15, -0.1) is 0 Å². The number of fused-ring (bicyclic) bond motifs is 1. The van der Waals surface area contributed by atoms with Crippen LogP contribution in [0.2, 0.25) is 5.02 Å². The van der Waals surface area contributed by atoms with E-state index in [1.165, 1.54) is 0 Å². The molecule has 4 aromatic carbocycles. The molecule has 2 aromatic heterocycles. The largest absolute Gasteiger partial charge is 0.366 e. The minimum Gasteiger partial charge on any atom is -0.366 e. The van der Waals surface area contributed by atoms with Crippen molar-refractivity contribution < 1.29 is 4.79 Å². The lowest BCUT2D eigenvalue weighted by Gasteiger charge is -2.13. The molecule has 6 nitrogen and oxygen atoms in total. The van der Waals surface area contributed by atoms with Crippen LogP contribution >= 0.6 is 27.5 Å². The third kappa shape index (κ3) is 6.01. The number of carbonyl (C=O) groups excluding carboxylic acids is 1. The molecule has 0 fully saturated rings. The van der Waals surface area contributed by atoms with Crippen LogP contribution in [-0.4, -0.2) is 20.5 Å². The predicted molar refractivity (Wildman–Crippen MR) is 171 cm³/mol. The second-order valence-electron chi connectivity index (χ2n) is 9.15. The Labute approximate surface area is 252 Å². The van der Waals surface area contributed by atoms with E-state index in [-0.39, 0.29) is 13.3 Å². The van der Waals surface area contributed by atoms with E-state index in [0.29, 0.717) is 28.5 Å². The van der Waals surface area contributed by atoms with Gasteiger partial charge in [-0.25, -0.2) is 4.98 Å². The molecule has 0 aliphatic heterocycles. The molecular formula is C33H27BrClN5O. The molecule has 0 unspecified atom stereocenters. The maximum absolute atomic E-state index is 13.3. The maximum atomic E-state index is 13.3. The molecule has 204 valence electrons. The second-order valence-corrected chi connectivity index (χ2v) is 10.4. The molecule has 0 saturated heterocycles. The molecule has 0 aliphatic rings. The Balaban J connectivity index is 0.00000337. The molecule has 0 atom stereocenters. The van der Waals surface area contributed by atoms with Gasteiger partial charge in [0.2, 0.25) is 0 Å². The van der Waals surface area contributed by atoms with Crippen molar-refractivity contribution in [1.29, 1.82) is 0 Å². The molecular weight excluding hydrogens is 598 g/mol. The monoisotopic (exact) mass is 623 g/mol. The predicted octanol–water partition coefficient (Wildman–Crippen LogP) is 8.98. The topological polar surface area (TPSA) is 71.3 Å². The van der Waals surface area contributed by atoms with Gasteiger partial charge in [-0.05, 0) is 56.9 Å². The van der Waals surface area contributed by atoms with Crippen molar-refractivity contribution in [1.82, 2.24) is 14.6 Å². The van der Waals surface area contributed by atoms with E-state index in [9.17, 15) is 4.79 Å². The standard InChI is InChI=1S/C32H23BrClN5O.CH4/c33-27-20-36-39-30(18-29(38-31(27)39)26-15-6-7-16-28(26)34)35-19-21-9-8-12-23(17-21)37-32(40)25-14-5-4-13-24(25)22-10-2-1-3-11-22;/h1-18,20,35H,19H2,(H,37,40);1H4. The molecule has 8 heteroatoms. The summed E-state index contributed by atoms with van der Waals surface area (Å²) in [5.41, 5.74) is 6.46. The number of hydrogen-bond acceptors (Lipinski definition) is 4. The Morgan fingerprint density at radius 2 is 1.59 bits per heavy atom. The second kappa shape index (κ2) is 12.4. The molecule has 0 bridgehead atoms. The summed E-state index contributed by atoms with van der Waals surface area (Å²) in [6.07, 6.45) is 1.72. The summed E-state index contributed by atoms with van der Waals surface area (Å²) in [6.45, 7) is 0.503. The van der Waals surface area contributed by atoms with Crippen LogP contribution in [0.25, 0.3) is 28.0 Å². The summed E-state index contributed by atoms with van der Waals surface area (Å²) >= 11 is 10.0. The number of amides is 1. The quantitative estimate of drug-likeness (QED) is 0.186. The van der Waals surface area contributed by atoms with Crippen molar-refractivity contribution in [2.45, 2.75) is 14.0 Å². The zero-order chi connectivity index (χ0) is 27.5. The minimum absolute atomic E-state index is 0. The van der Waals surface area contributed by atoms with E-state index >= 15 is 0 Å². The summed E-state index contributed by atoms with van der Waals surface area (Å²) in [4.78, 5) is 18.1. The van der Waals surface area contributed by atoms with Crippen LogP contribution in [0.4, 0.5) is 11.5 Å². The summed E-state index contributed by atoms with van der Waals surface area (Å²) < 4.78 is 2.53. The van der Waals surface area contributed by atoms with Gasteiger partial charge in [0, 0.05) is 34.4 Å². The first kappa shape index (κ1) is 28.1. The molecule has 0 aliphatic carbocycles. The number of benzene rings is 4. The highest BCUT2D eigenvalue weighted by molar-refractivity contribution is 9.10.